The van der Waals surface area contributed by atoms with E-state index < -0.39 is 11.8 Å². The van der Waals surface area contributed by atoms with Gasteiger partial charge in [0.2, 0.25) is 5.91 Å². The third-order valence-corrected chi connectivity index (χ3v) is 2.60. The summed E-state index contributed by atoms with van der Waals surface area (Å²) in [6.07, 6.45) is 0.505. The Hall–Kier alpha value is -2.44. The van der Waals surface area contributed by atoms with Crippen molar-refractivity contribution in [2.45, 2.75) is 13.3 Å². The molecule has 0 unspecified atom stereocenters. The molecule has 21 heavy (non-hydrogen) atoms. The van der Waals surface area contributed by atoms with Gasteiger partial charge in [0, 0.05) is 26.6 Å². The van der Waals surface area contributed by atoms with E-state index in [0.717, 1.165) is 5.56 Å². The average molecular weight is 295 g/mol. The molecule has 3 amide bonds. The zero-order valence-corrected chi connectivity index (χ0v) is 11.7. The summed E-state index contributed by atoms with van der Waals surface area (Å²) >= 11 is 0. The molecule has 114 valence electrons. The molecule has 0 bridgehead atoms. The van der Waals surface area contributed by atoms with E-state index in [1.807, 2.05) is 0 Å². The molecule has 0 aliphatic heterocycles. The zero-order chi connectivity index (χ0) is 15.7. The molecule has 0 atom stereocenters. The second-order valence-electron chi connectivity index (χ2n) is 4.37. The van der Waals surface area contributed by atoms with Crippen LogP contribution in [0.15, 0.2) is 24.3 Å². The molecule has 0 saturated carbocycles. The topological polar surface area (TPSA) is 87.3 Å². The van der Waals surface area contributed by atoms with E-state index in [0.29, 0.717) is 6.42 Å². The fourth-order valence-corrected chi connectivity index (χ4v) is 1.55. The molecule has 0 radical (unpaired) electrons. The van der Waals surface area contributed by atoms with Gasteiger partial charge in [0.15, 0.2) is 0 Å². The Morgan fingerprint density at radius 3 is 2.00 bits per heavy atom. The Labute approximate surface area is 122 Å². The van der Waals surface area contributed by atoms with Crippen LogP contribution in [0.5, 0.6) is 0 Å². The fraction of sp³-hybridized carbons (Fsp3) is 0.357. The van der Waals surface area contributed by atoms with Crippen LogP contribution in [-0.2, 0) is 20.8 Å². The molecule has 0 saturated heterocycles. The highest BCUT2D eigenvalue weighted by molar-refractivity contribution is 6.35. The van der Waals surface area contributed by atoms with Crippen molar-refractivity contribution < 1.29 is 18.8 Å². The minimum atomic E-state index is -0.751. The van der Waals surface area contributed by atoms with Gasteiger partial charge >= 0.3 is 11.8 Å². The molecular weight excluding hydrogens is 277 g/mol. The molecule has 1 rings (SSSR count). The third kappa shape index (κ3) is 7.05. The maximum atomic E-state index is 12.7. The molecule has 0 aliphatic rings. The summed E-state index contributed by atoms with van der Waals surface area (Å²) in [5.41, 5.74) is 0.864. The van der Waals surface area contributed by atoms with Gasteiger partial charge < -0.3 is 16.0 Å². The zero-order valence-electron chi connectivity index (χ0n) is 11.7. The predicted molar refractivity (Wildman–Crippen MR) is 74.8 cm³/mol. The van der Waals surface area contributed by atoms with E-state index >= 15 is 0 Å². The van der Waals surface area contributed by atoms with E-state index in [-0.39, 0.29) is 31.4 Å². The summed E-state index contributed by atoms with van der Waals surface area (Å²) in [4.78, 5) is 33.4. The van der Waals surface area contributed by atoms with Crippen molar-refractivity contribution in [2.75, 3.05) is 19.6 Å². The quantitative estimate of drug-likeness (QED) is 0.499. The summed E-state index contributed by atoms with van der Waals surface area (Å²) in [7, 11) is 0. The normalized spacial score (nSPS) is 9.81. The molecule has 0 aliphatic carbocycles. The Morgan fingerprint density at radius 2 is 1.43 bits per heavy atom. The molecule has 3 N–H and O–H groups in total. The summed E-state index contributed by atoms with van der Waals surface area (Å²) in [5.74, 6) is -2.01. The van der Waals surface area contributed by atoms with Crippen molar-refractivity contribution in [1.29, 1.82) is 0 Å². The van der Waals surface area contributed by atoms with Crippen molar-refractivity contribution in [1.82, 2.24) is 16.0 Å². The number of hydrogen-bond acceptors (Lipinski definition) is 3. The number of carbonyl (C=O) groups is 3. The standard InChI is InChI=1S/C14H18FN3O3/c1-10(19)16-8-9-18-14(21)13(20)17-7-6-11-2-4-12(15)5-3-11/h2-5H,6-9H2,1H3,(H,16,19)(H,17,20)(H,18,21). The van der Waals surface area contributed by atoms with Gasteiger partial charge in [-0.05, 0) is 24.1 Å². The maximum absolute atomic E-state index is 12.7. The van der Waals surface area contributed by atoms with Gasteiger partial charge in [-0.3, -0.25) is 14.4 Å². The van der Waals surface area contributed by atoms with Crippen molar-refractivity contribution in [3.63, 3.8) is 0 Å². The highest BCUT2D eigenvalue weighted by Gasteiger charge is 2.11. The number of nitrogens with one attached hydrogen (secondary N) is 3. The van der Waals surface area contributed by atoms with E-state index in [2.05, 4.69) is 16.0 Å². The largest absolute Gasteiger partial charge is 0.355 e. The molecule has 6 nitrogen and oxygen atoms in total. The van der Waals surface area contributed by atoms with Crippen molar-refractivity contribution in [3.05, 3.63) is 35.6 Å². The molecule has 1 aromatic carbocycles. The van der Waals surface area contributed by atoms with Gasteiger partial charge in [-0.25, -0.2) is 4.39 Å². The minimum absolute atomic E-state index is 0.184. The smallest absolute Gasteiger partial charge is 0.309 e. The first-order chi connectivity index (χ1) is 9.99. The number of benzene rings is 1. The Morgan fingerprint density at radius 1 is 0.905 bits per heavy atom. The van der Waals surface area contributed by atoms with Gasteiger partial charge in [-0.2, -0.15) is 0 Å². The lowest BCUT2D eigenvalue weighted by molar-refractivity contribution is -0.139. The highest BCUT2D eigenvalue weighted by atomic mass is 19.1. The van der Waals surface area contributed by atoms with Gasteiger partial charge in [0.05, 0.1) is 0 Å². The van der Waals surface area contributed by atoms with Crippen molar-refractivity contribution in [3.8, 4) is 0 Å². The Bertz CT molecular complexity index is 503. The van der Waals surface area contributed by atoms with E-state index in [4.69, 9.17) is 0 Å². The third-order valence-electron chi connectivity index (χ3n) is 2.60. The number of rotatable bonds is 6. The molecule has 7 heteroatoms. The Kier molecular flexibility index (Phi) is 6.86. The van der Waals surface area contributed by atoms with Crippen LogP contribution in [0.4, 0.5) is 4.39 Å². The lowest BCUT2D eigenvalue weighted by atomic mass is 10.1. The highest BCUT2D eigenvalue weighted by Crippen LogP contribution is 2.02. The summed E-state index contributed by atoms with van der Waals surface area (Å²) < 4.78 is 12.7. The van der Waals surface area contributed by atoms with Crippen LogP contribution < -0.4 is 16.0 Å². The SMILES string of the molecule is CC(=O)NCCNC(=O)C(=O)NCCc1ccc(F)cc1. The molecule has 0 aromatic heterocycles. The van der Waals surface area contributed by atoms with Crippen LogP contribution in [0, 0.1) is 5.82 Å². The number of amides is 3. The van der Waals surface area contributed by atoms with Crippen LogP contribution in [0.1, 0.15) is 12.5 Å². The molecular formula is C14H18FN3O3. The number of carbonyl (C=O) groups excluding carboxylic acids is 3. The van der Waals surface area contributed by atoms with Gasteiger partial charge in [-0.15, -0.1) is 0 Å². The molecule has 0 heterocycles. The number of halogens is 1. The van der Waals surface area contributed by atoms with Crippen LogP contribution in [0.2, 0.25) is 0 Å². The lowest BCUT2D eigenvalue weighted by Gasteiger charge is -2.07. The average Bonchev–Trinajstić information content (AvgIpc) is 2.45. The maximum Gasteiger partial charge on any atom is 0.309 e. The summed E-state index contributed by atoms with van der Waals surface area (Å²) in [6, 6.07) is 5.92. The monoisotopic (exact) mass is 295 g/mol. The number of hydrogen-bond donors (Lipinski definition) is 3. The van der Waals surface area contributed by atoms with Crippen LogP contribution in [0.25, 0.3) is 0 Å². The van der Waals surface area contributed by atoms with Gasteiger partial charge in [-0.1, -0.05) is 12.1 Å². The fourth-order valence-electron chi connectivity index (χ4n) is 1.55. The van der Waals surface area contributed by atoms with E-state index in [1.54, 1.807) is 12.1 Å². The second kappa shape index (κ2) is 8.68. The van der Waals surface area contributed by atoms with Gasteiger partial charge in [0.1, 0.15) is 5.82 Å². The van der Waals surface area contributed by atoms with Crippen molar-refractivity contribution in [2.24, 2.45) is 0 Å². The van der Waals surface area contributed by atoms with Crippen LogP contribution in [0.3, 0.4) is 0 Å². The molecule has 0 spiro atoms. The van der Waals surface area contributed by atoms with Crippen LogP contribution in [-0.4, -0.2) is 37.4 Å². The summed E-state index contributed by atoms with van der Waals surface area (Å²) in [6.45, 7) is 2.10. The predicted octanol–water partition coefficient (Wildman–Crippen LogP) is -0.263. The van der Waals surface area contributed by atoms with Gasteiger partial charge in [0.25, 0.3) is 0 Å². The van der Waals surface area contributed by atoms with E-state index in [1.165, 1.54) is 19.1 Å². The first-order valence-corrected chi connectivity index (χ1v) is 6.54. The lowest BCUT2D eigenvalue weighted by Crippen LogP contribution is -2.43. The van der Waals surface area contributed by atoms with Crippen LogP contribution >= 0.6 is 0 Å². The molecule has 1 aromatic rings. The summed E-state index contributed by atoms with van der Waals surface area (Å²) in [5, 5.41) is 7.33. The first kappa shape index (κ1) is 16.6. The van der Waals surface area contributed by atoms with Crippen molar-refractivity contribution >= 4 is 17.7 Å². The first-order valence-electron chi connectivity index (χ1n) is 6.54. The molecule has 0 fully saturated rings. The Balaban J connectivity index is 2.19. The van der Waals surface area contributed by atoms with E-state index in [9.17, 15) is 18.8 Å². The second-order valence-corrected chi connectivity index (χ2v) is 4.37. The minimum Gasteiger partial charge on any atom is -0.355 e.